The smallest absolute Gasteiger partial charge is 0.0130 e. The highest BCUT2D eigenvalue weighted by atomic mass is 14.1. The third-order valence-corrected chi connectivity index (χ3v) is 5.87. The van der Waals surface area contributed by atoms with Gasteiger partial charge in [-0.15, -0.1) is 0 Å². The van der Waals surface area contributed by atoms with Crippen molar-refractivity contribution in [2.45, 2.75) is 86.0 Å². The highest BCUT2D eigenvalue weighted by Crippen LogP contribution is 2.18. The lowest BCUT2D eigenvalue weighted by Gasteiger charge is -2.02. The van der Waals surface area contributed by atoms with Crippen molar-refractivity contribution in [2.24, 2.45) is 5.92 Å². The van der Waals surface area contributed by atoms with Gasteiger partial charge in [-0.25, -0.2) is 0 Å². The van der Waals surface area contributed by atoms with Gasteiger partial charge in [0.05, 0.1) is 0 Å². The highest BCUT2D eigenvalue weighted by molar-refractivity contribution is 5.24. The van der Waals surface area contributed by atoms with Gasteiger partial charge in [-0.3, -0.25) is 0 Å². The van der Waals surface area contributed by atoms with E-state index in [1.165, 1.54) is 50.5 Å². The molecule has 5 aliphatic rings. The van der Waals surface area contributed by atoms with Crippen LogP contribution in [0.4, 0.5) is 0 Å². The van der Waals surface area contributed by atoms with E-state index in [9.17, 15) is 0 Å². The van der Waals surface area contributed by atoms with E-state index < -0.39 is 0 Å². The van der Waals surface area contributed by atoms with E-state index in [0.29, 0.717) is 0 Å². The molecule has 0 amide bonds. The summed E-state index contributed by atoms with van der Waals surface area (Å²) in [4.78, 5) is 0. The molecule has 0 aliphatic heterocycles. The average molecular weight is 457 g/mol. The van der Waals surface area contributed by atoms with Crippen LogP contribution in [0.15, 0.2) is 120 Å². The van der Waals surface area contributed by atoms with Crippen molar-refractivity contribution in [1.82, 2.24) is 0 Å². The molecule has 0 aromatic heterocycles. The molecule has 0 fully saturated rings. The molecule has 0 heterocycles. The molecule has 0 saturated carbocycles. The lowest BCUT2D eigenvalue weighted by Crippen LogP contribution is -1.88. The van der Waals surface area contributed by atoms with E-state index >= 15 is 0 Å². The predicted molar refractivity (Wildman–Crippen MR) is 156 cm³/mol. The molecule has 0 nitrogen and oxygen atoms in total. The Morgan fingerprint density at radius 3 is 1.44 bits per heavy atom. The fourth-order valence-electron chi connectivity index (χ4n) is 3.59. The zero-order valence-electron chi connectivity index (χ0n) is 22.5. The monoisotopic (exact) mass is 456 g/mol. The van der Waals surface area contributed by atoms with E-state index in [-0.39, 0.29) is 0 Å². The van der Waals surface area contributed by atoms with Crippen LogP contribution in [-0.4, -0.2) is 0 Å². The summed E-state index contributed by atoms with van der Waals surface area (Å²) in [7, 11) is 0. The third-order valence-electron chi connectivity index (χ3n) is 5.87. The Hall–Kier alpha value is -2.60. The molecule has 0 saturated heterocycles. The van der Waals surface area contributed by atoms with Crippen molar-refractivity contribution in [1.29, 1.82) is 0 Å². The van der Waals surface area contributed by atoms with Crippen molar-refractivity contribution in [3.8, 4) is 0 Å². The molecular formula is C34H48. The molecule has 5 rings (SSSR count). The fourth-order valence-corrected chi connectivity index (χ4v) is 3.59. The van der Waals surface area contributed by atoms with E-state index in [0.717, 1.165) is 12.3 Å². The molecular weight excluding hydrogens is 408 g/mol. The molecule has 0 heteroatoms. The number of allylic oxidation sites excluding steroid dienone is 20. The molecule has 0 atom stereocenters. The average Bonchev–Trinajstić information content (AvgIpc) is 3.68. The molecule has 34 heavy (non-hydrogen) atoms. The maximum atomic E-state index is 2.23. The van der Waals surface area contributed by atoms with E-state index in [2.05, 4.69) is 132 Å². The second kappa shape index (κ2) is 19.8. The summed E-state index contributed by atoms with van der Waals surface area (Å²) in [5.41, 5.74) is 6.17. The summed E-state index contributed by atoms with van der Waals surface area (Å²) in [6.07, 6.45) is 44.1. The van der Waals surface area contributed by atoms with Gasteiger partial charge in [0.25, 0.3) is 0 Å². The standard InChI is InChI=1S/2C8H12.C7H10.C6H8.C5H6/c1-7(2)8-5-3-4-6-8;1-2-5-8-6-3-4-7-8;1-2-7-5-3-4-6-7;1-6-4-2-3-5-6;1-2-4-5-3-1/h3-5,7H,6H2,1-2H3;3-4,6H,2,5,7H2,1H3;3-5H,2,6H2,1H3;2-4H,5H2,1H3;1-4H,5H2. The SMILES string of the molecule is C1=CCC=C1.CC(C)C1=CC=CC1.CC1=CC=CC1.CCC1=CC=CC1.CCCC1=CC=CC1. The third kappa shape index (κ3) is 15.3. The van der Waals surface area contributed by atoms with Gasteiger partial charge < -0.3 is 0 Å². The van der Waals surface area contributed by atoms with Gasteiger partial charge in [-0.2, -0.15) is 0 Å². The molecule has 0 spiro atoms. The van der Waals surface area contributed by atoms with Crippen molar-refractivity contribution < 1.29 is 0 Å². The van der Waals surface area contributed by atoms with Crippen LogP contribution >= 0.6 is 0 Å². The van der Waals surface area contributed by atoms with Gasteiger partial charge in [0.2, 0.25) is 0 Å². The summed E-state index contributed by atoms with van der Waals surface area (Å²) >= 11 is 0. The summed E-state index contributed by atoms with van der Waals surface area (Å²) in [5.74, 6) is 0.741. The van der Waals surface area contributed by atoms with Crippen LogP contribution in [0.2, 0.25) is 0 Å². The van der Waals surface area contributed by atoms with Gasteiger partial charge in [0.1, 0.15) is 0 Å². The summed E-state index contributed by atoms with van der Waals surface area (Å²) in [6.45, 7) is 11.0. The van der Waals surface area contributed by atoms with E-state index in [1.807, 2.05) is 0 Å². The Morgan fingerprint density at radius 1 is 0.618 bits per heavy atom. The fraction of sp³-hybridized carbons (Fsp3) is 0.412. The van der Waals surface area contributed by atoms with Crippen LogP contribution in [-0.2, 0) is 0 Å². The van der Waals surface area contributed by atoms with Crippen LogP contribution in [0, 0.1) is 5.92 Å². The predicted octanol–water partition coefficient (Wildman–Crippen LogP) is 10.9. The zero-order valence-corrected chi connectivity index (χ0v) is 22.5. The van der Waals surface area contributed by atoms with Crippen molar-refractivity contribution in [3.05, 3.63) is 120 Å². The molecule has 0 aromatic rings. The second-order valence-corrected chi connectivity index (χ2v) is 9.28. The van der Waals surface area contributed by atoms with E-state index in [1.54, 1.807) is 16.7 Å². The van der Waals surface area contributed by atoms with Gasteiger partial charge >= 0.3 is 0 Å². The normalized spacial score (nSPS) is 17.6. The van der Waals surface area contributed by atoms with Crippen LogP contribution in [0.5, 0.6) is 0 Å². The molecule has 5 aliphatic carbocycles. The maximum Gasteiger partial charge on any atom is -0.0130 e. The summed E-state index contributed by atoms with van der Waals surface area (Å²) in [5, 5.41) is 0. The van der Waals surface area contributed by atoms with Crippen molar-refractivity contribution in [3.63, 3.8) is 0 Å². The van der Waals surface area contributed by atoms with Crippen molar-refractivity contribution in [2.75, 3.05) is 0 Å². The molecule has 0 bridgehead atoms. The lowest BCUT2D eigenvalue weighted by molar-refractivity contribution is 0.753. The first-order chi connectivity index (χ1) is 16.6. The van der Waals surface area contributed by atoms with Gasteiger partial charge in [0.15, 0.2) is 0 Å². The minimum atomic E-state index is 0.741. The Morgan fingerprint density at radius 2 is 1.18 bits per heavy atom. The van der Waals surface area contributed by atoms with Crippen LogP contribution in [0.25, 0.3) is 0 Å². The van der Waals surface area contributed by atoms with Gasteiger partial charge in [-0.05, 0) is 57.8 Å². The lowest BCUT2D eigenvalue weighted by atomic mass is 10.0. The topological polar surface area (TPSA) is 0 Å². The van der Waals surface area contributed by atoms with Gasteiger partial charge in [0, 0.05) is 0 Å². The number of hydrogen-bond donors (Lipinski definition) is 0. The van der Waals surface area contributed by atoms with Crippen LogP contribution < -0.4 is 0 Å². The molecule has 184 valence electrons. The summed E-state index contributed by atoms with van der Waals surface area (Å²) < 4.78 is 0. The first-order valence-corrected chi connectivity index (χ1v) is 13.2. The van der Waals surface area contributed by atoms with Crippen LogP contribution in [0.1, 0.15) is 86.0 Å². The van der Waals surface area contributed by atoms with Crippen molar-refractivity contribution >= 4 is 0 Å². The Bertz CT molecular complexity index is 844. The molecule has 0 aromatic carbocycles. The molecule has 0 radical (unpaired) electrons. The first-order valence-electron chi connectivity index (χ1n) is 13.2. The largest absolute Gasteiger partial charge is 0.0808 e. The second-order valence-electron chi connectivity index (χ2n) is 9.28. The number of hydrogen-bond acceptors (Lipinski definition) is 0. The highest BCUT2D eigenvalue weighted by Gasteiger charge is 2.01. The maximum absolute atomic E-state index is 2.23. The van der Waals surface area contributed by atoms with Gasteiger partial charge in [-0.1, -0.05) is 154 Å². The Balaban J connectivity index is 0.000000214. The Kier molecular flexibility index (Phi) is 17.2. The summed E-state index contributed by atoms with van der Waals surface area (Å²) in [6, 6.07) is 0. The zero-order chi connectivity index (χ0) is 24.9. The Labute approximate surface area is 211 Å². The minimum absolute atomic E-state index is 0.741. The molecule has 0 N–H and O–H groups in total. The van der Waals surface area contributed by atoms with Crippen LogP contribution in [0.3, 0.4) is 0 Å². The number of rotatable bonds is 4. The van der Waals surface area contributed by atoms with E-state index in [4.69, 9.17) is 0 Å². The first kappa shape index (κ1) is 29.4. The quantitative estimate of drug-likeness (QED) is 0.394. The minimum Gasteiger partial charge on any atom is -0.0808 e. The molecule has 0 unspecified atom stereocenters.